The zero-order valence-corrected chi connectivity index (χ0v) is 17.1. The molecule has 1 fully saturated rings. The van der Waals surface area contributed by atoms with Crippen molar-refractivity contribution < 1.29 is 9.59 Å². The Labute approximate surface area is 172 Å². The van der Waals surface area contributed by atoms with Gasteiger partial charge in [-0.3, -0.25) is 14.5 Å². The van der Waals surface area contributed by atoms with Crippen molar-refractivity contribution in [1.82, 2.24) is 9.80 Å². The largest absolute Gasteiger partial charge is 0.399 e. The van der Waals surface area contributed by atoms with E-state index in [1.165, 1.54) is 0 Å². The summed E-state index contributed by atoms with van der Waals surface area (Å²) in [5.74, 6) is 0.199. The third-order valence-corrected chi connectivity index (χ3v) is 5.33. The van der Waals surface area contributed by atoms with E-state index in [9.17, 15) is 9.59 Å². The van der Waals surface area contributed by atoms with Crippen LogP contribution >= 0.6 is 0 Å². The van der Waals surface area contributed by atoms with Gasteiger partial charge in [-0.1, -0.05) is 24.3 Å². The molecule has 3 N–H and O–H groups in total. The van der Waals surface area contributed by atoms with Crippen LogP contribution in [0.25, 0.3) is 11.1 Å². The molecule has 0 atom stereocenters. The Morgan fingerprint density at radius 3 is 2.34 bits per heavy atom. The van der Waals surface area contributed by atoms with Crippen molar-refractivity contribution in [2.75, 3.05) is 43.8 Å². The number of hydrogen-bond donors (Lipinski definition) is 2. The van der Waals surface area contributed by atoms with E-state index in [1.807, 2.05) is 53.4 Å². The summed E-state index contributed by atoms with van der Waals surface area (Å²) in [4.78, 5) is 27.8. The van der Waals surface area contributed by atoms with Crippen molar-refractivity contribution in [3.63, 3.8) is 0 Å². The molecule has 0 saturated carbocycles. The van der Waals surface area contributed by atoms with Crippen molar-refractivity contribution >= 4 is 23.2 Å². The highest BCUT2D eigenvalue weighted by Crippen LogP contribution is 2.23. The molecule has 6 nitrogen and oxygen atoms in total. The Balaban J connectivity index is 1.36. The summed E-state index contributed by atoms with van der Waals surface area (Å²) >= 11 is 0. The van der Waals surface area contributed by atoms with Crippen molar-refractivity contribution in [2.24, 2.45) is 0 Å². The summed E-state index contributed by atoms with van der Waals surface area (Å²) < 4.78 is 0. The predicted octanol–water partition coefficient (Wildman–Crippen LogP) is 3.21. The zero-order valence-electron chi connectivity index (χ0n) is 17.1. The average molecular weight is 395 g/mol. The van der Waals surface area contributed by atoms with Crippen LogP contribution in [-0.4, -0.2) is 54.3 Å². The van der Waals surface area contributed by atoms with Crippen LogP contribution in [0.4, 0.5) is 11.4 Å². The fourth-order valence-corrected chi connectivity index (χ4v) is 3.60. The number of benzene rings is 2. The number of nitrogens with two attached hydrogens (primary N) is 1. The summed E-state index contributed by atoms with van der Waals surface area (Å²) in [6.07, 6.45) is 2.37. The molecule has 1 heterocycles. The van der Waals surface area contributed by atoms with E-state index in [2.05, 4.69) is 10.2 Å². The monoisotopic (exact) mass is 394 g/mol. The van der Waals surface area contributed by atoms with Gasteiger partial charge in [0.05, 0.1) is 0 Å². The number of unbranched alkanes of at least 4 members (excludes halogenated alkanes) is 1. The van der Waals surface area contributed by atoms with Crippen LogP contribution in [0.1, 0.15) is 26.2 Å². The fraction of sp³-hybridized carbons (Fsp3) is 0.391. The molecule has 2 aromatic rings. The Morgan fingerprint density at radius 1 is 0.966 bits per heavy atom. The number of amides is 2. The second-order valence-corrected chi connectivity index (χ2v) is 7.56. The normalized spacial score (nSPS) is 14.6. The standard InChI is InChI=1S/C23H30N4O2/c1-18(28)27-15-13-26(14-16-27)12-3-2-7-23(29)25-22-10-8-19(9-11-22)20-5-4-6-21(24)17-20/h4-6,8-11,17H,2-3,7,12-16,24H2,1H3,(H,25,29). The zero-order chi connectivity index (χ0) is 20.6. The minimum Gasteiger partial charge on any atom is -0.399 e. The molecular weight excluding hydrogens is 364 g/mol. The van der Waals surface area contributed by atoms with E-state index in [-0.39, 0.29) is 11.8 Å². The Bertz CT molecular complexity index is 827. The summed E-state index contributed by atoms with van der Waals surface area (Å²) in [6.45, 7) is 6.06. The highest BCUT2D eigenvalue weighted by molar-refractivity contribution is 5.91. The average Bonchev–Trinajstić information content (AvgIpc) is 2.72. The maximum Gasteiger partial charge on any atom is 0.224 e. The smallest absolute Gasteiger partial charge is 0.224 e. The number of carbonyl (C=O) groups excluding carboxylic acids is 2. The van der Waals surface area contributed by atoms with Crippen LogP contribution in [0.15, 0.2) is 48.5 Å². The molecule has 154 valence electrons. The van der Waals surface area contributed by atoms with Gasteiger partial charge in [0.15, 0.2) is 0 Å². The van der Waals surface area contributed by atoms with Crippen molar-refractivity contribution in [3.8, 4) is 11.1 Å². The van der Waals surface area contributed by atoms with Gasteiger partial charge in [-0.05, 0) is 54.8 Å². The van der Waals surface area contributed by atoms with Crippen LogP contribution in [-0.2, 0) is 9.59 Å². The molecule has 2 aromatic carbocycles. The van der Waals surface area contributed by atoms with Crippen LogP contribution < -0.4 is 11.1 Å². The number of anilines is 2. The van der Waals surface area contributed by atoms with E-state index in [4.69, 9.17) is 5.73 Å². The van der Waals surface area contributed by atoms with Gasteiger partial charge in [0.1, 0.15) is 0 Å². The maximum absolute atomic E-state index is 12.2. The third kappa shape index (κ3) is 6.32. The third-order valence-electron chi connectivity index (χ3n) is 5.33. The minimum atomic E-state index is 0.0445. The Kier molecular flexibility index (Phi) is 7.25. The molecule has 2 amide bonds. The van der Waals surface area contributed by atoms with E-state index < -0.39 is 0 Å². The molecule has 0 unspecified atom stereocenters. The van der Waals surface area contributed by atoms with Gasteiger partial charge >= 0.3 is 0 Å². The van der Waals surface area contributed by atoms with Gasteiger partial charge in [-0.2, -0.15) is 0 Å². The molecular formula is C23H30N4O2. The van der Waals surface area contributed by atoms with Gasteiger partial charge in [0.25, 0.3) is 0 Å². The first kappa shape index (κ1) is 20.9. The number of rotatable bonds is 7. The van der Waals surface area contributed by atoms with Crippen molar-refractivity contribution in [2.45, 2.75) is 26.2 Å². The number of carbonyl (C=O) groups is 2. The lowest BCUT2D eigenvalue weighted by atomic mass is 10.0. The summed E-state index contributed by atoms with van der Waals surface area (Å²) in [7, 11) is 0. The lowest BCUT2D eigenvalue weighted by molar-refractivity contribution is -0.130. The second-order valence-electron chi connectivity index (χ2n) is 7.56. The molecule has 0 aromatic heterocycles. The van der Waals surface area contributed by atoms with Crippen LogP contribution in [0.2, 0.25) is 0 Å². The number of nitrogens with zero attached hydrogens (tertiary/aromatic N) is 2. The number of nitrogen functional groups attached to an aromatic ring is 1. The number of nitrogens with one attached hydrogen (secondary N) is 1. The molecule has 1 saturated heterocycles. The summed E-state index contributed by atoms with van der Waals surface area (Å²) in [6, 6.07) is 15.6. The van der Waals surface area contributed by atoms with E-state index in [1.54, 1.807) is 6.92 Å². The molecule has 1 aliphatic heterocycles. The lowest BCUT2D eigenvalue weighted by Gasteiger charge is -2.34. The van der Waals surface area contributed by atoms with Gasteiger partial charge in [-0.15, -0.1) is 0 Å². The number of hydrogen-bond acceptors (Lipinski definition) is 4. The maximum atomic E-state index is 12.2. The molecule has 6 heteroatoms. The molecule has 0 radical (unpaired) electrons. The highest BCUT2D eigenvalue weighted by Gasteiger charge is 2.17. The fourth-order valence-electron chi connectivity index (χ4n) is 3.60. The summed E-state index contributed by atoms with van der Waals surface area (Å²) in [5, 5.41) is 2.97. The van der Waals surface area contributed by atoms with Gasteiger partial charge in [0, 0.05) is 50.9 Å². The second kappa shape index (κ2) is 10.1. The van der Waals surface area contributed by atoms with Crippen molar-refractivity contribution in [3.05, 3.63) is 48.5 Å². The summed E-state index contributed by atoms with van der Waals surface area (Å²) in [5.41, 5.74) is 9.52. The van der Waals surface area contributed by atoms with Crippen LogP contribution in [0, 0.1) is 0 Å². The first-order chi connectivity index (χ1) is 14.0. The Morgan fingerprint density at radius 2 is 1.69 bits per heavy atom. The topological polar surface area (TPSA) is 78.7 Å². The SMILES string of the molecule is CC(=O)N1CCN(CCCCC(=O)Nc2ccc(-c3cccc(N)c3)cc2)CC1. The first-order valence-corrected chi connectivity index (χ1v) is 10.2. The molecule has 3 rings (SSSR count). The van der Waals surface area contributed by atoms with E-state index in [0.29, 0.717) is 6.42 Å². The van der Waals surface area contributed by atoms with Crippen LogP contribution in [0.5, 0.6) is 0 Å². The molecule has 0 aliphatic carbocycles. The highest BCUT2D eigenvalue weighted by atomic mass is 16.2. The minimum absolute atomic E-state index is 0.0445. The predicted molar refractivity (Wildman–Crippen MR) is 117 cm³/mol. The molecule has 0 spiro atoms. The molecule has 29 heavy (non-hydrogen) atoms. The quantitative estimate of drug-likeness (QED) is 0.558. The van der Waals surface area contributed by atoms with E-state index in [0.717, 1.165) is 68.1 Å². The Hall–Kier alpha value is -2.86. The van der Waals surface area contributed by atoms with E-state index >= 15 is 0 Å². The van der Waals surface area contributed by atoms with Gasteiger partial charge in [0.2, 0.25) is 11.8 Å². The van der Waals surface area contributed by atoms with Gasteiger partial charge < -0.3 is 16.0 Å². The molecule has 0 bridgehead atoms. The first-order valence-electron chi connectivity index (χ1n) is 10.2. The van der Waals surface area contributed by atoms with Crippen molar-refractivity contribution in [1.29, 1.82) is 0 Å². The number of piperazine rings is 1. The lowest BCUT2D eigenvalue weighted by Crippen LogP contribution is -2.48. The molecule has 1 aliphatic rings. The van der Waals surface area contributed by atoms with Crippen LogP contribution in [0.3, 0.4) is 0 Å². The van der Waals surface area contributed by atoms with Gasteiger partial charge in [-0.25, -0.2) is 0 Å².